The molecule has 0 aromatic heterocycles. The minimum atomic E-state index is -0.413. The van der Waals surface area contributed by atoms with Gasteiger partial charge < -0.3 is 4.90 Å². The lowest BCUT2D eigenvalue weighted by molar-refractivity contribution is -0.132. The molecule has 2 atom stereocenters. The van der Waals surface area contributed by atoms with Crippen molar-refractivity contribution in [3.8, 4) is 0 Å². The molecule has 0 saturated carbocycles. The average molecular weight is 349 g/mol. The maximum Gasteiger partial charge on any atom is 0.227 e. The van der Waals surface area contributed by atoms with Crippen LogP contribution in [0.4, 0.5) is 4.39 Å². The summed E-state index contributed by atoms with van der Waals surface area (Å²) in [5, 5.41) is 0.316. The minimum Gasteiger partial charge on any atom is -0.342 e. The Kier molecular flexibility index (Phi) is 4.85. The van der Waals surface area contributed by atoms with Gasteiger partial charge in [-0.15, -0.1) is 0 Å². The van der Waals surface area contributed by atoms with Crippen LogP contribution in [0, 0.1) is 11.7 Å². The number of hydrogen-bond donors (Lipinski definition) is 0. The fraction of sp³-hybridized carbons (Fsp3) is 0.500. The van der Waals surface area contributed by atoms with E-state index < -0.39 is 5.82 Å². The molecule has 1 aromatic rings. The van der Waals surface area contributed by atoms with Gasteiger partial charge in [0.1, 0.15) is 5.82 Å². The number of benzene rings is 1. The first-order valence-corrected chi connectivity index (χ1v) is 7.63. The second-order valence-corrected chi connectivity index (χ2v) is 6.58. The summed E-state index contributed by atoms with van der Waals surface area (Å²) in [6.07, 6.45) is 0.961. The number of hydrogen-bond acceptors (Lipinski definition) is 1. The van der Waals surface area contributed by atoms with Crippen LogP contribution in [0.3, 0.4) is 0 Å². The molecular weight excluding hydrogens is 333 g/mol. The molecule has 104 valence electrons. The number of alkyl halides is 1. The number of amides is 1. The predicted molar refractivity (Wildman–Crippen MR) is 78.2 cm³/mol. The number of carbonyl (C=O) groups is 1. The minimum absolute atomic E-state index is 0.0329. The first-order valence-electron chi connectivity index (χ1n) is 6.33. The highest BCUT2D eigenvalue weighted by atomic mass is 79.9. The van der Waals surface area contributed by atoms with Crippen molar-refractivity contribution in [3.05, 3.63) is 34.6 Å². The van der Waals surface area contributed by atoms with E-state index in [1.807, 2.05) is 0 Å². The maximum atomic E-state index is 13.7. The first-order chi connectivity index (χ1) is 8.99. The van der Waals surface area contributed by atoms with Crippen LogP contribution < -0.4 is 0 Å². The fourth-order valence-corrected chi connectivity index (χ4v) is 2.91. The van der Waals surface area contributed by atoms with E-state index >= 15 is 0 Å². The van der Waals surface area contributed by atoms with Crippen molar-refractivity contribution in [2.45, 2.75) is 24.6 Å². The van der Waals surface area contributed by atoms with E-state index in [9.17, 15) is 9.18 Å². The van der Waals surface area contributed by atoms with Gasteiger partial charge in [-0.05, 0) is 24.5 Å². The summed E-state index contributed by atoms with van der Waals surface area (Å²) in [4.78, 5) is 14.5. The summed E-state index contributed by atoms with van der Waals surface area (Å²) in [6.45, 7) is 3.53. The molecule has 1 fully saturated rings. The van der Waals surface area contributed by atoms with Crippen LogP contribution in [0.25, 0.3) is 0 Å². The number of nitrogens with zero attached hydrogens (tertiary/aromatic N) is 1. The summed E-state index contributed by atoms with van der Waals surface area (Å²) in [7, 11) is 0. The van der Waals surface area contributed by atoms with Gasteiger partial charge in [0.2, 0.25) is 5.91 Å². The lowest BCUT2D eigenvalue weighted by Crippen LogP contribution is -2.44. The molecule has 0 radical (unpaired) electrons. The molecule has 0 bridgehead atoms. The molecule has 1 heterocycles. The largest absolute Gasteiger partial charge is 0.342 e. The molecule has 19 heavy (non-hydrogen) atoms. The van der Waals surface area contributed by atoms with Crippen molar-refractivity contribution >= 4 is 33.4 Å². The van der Waals surface area contributed by atoms with Crippen LogP contribution in [-0.4, -0.2) is 28.7 Å². The van der Waals surface area contributed by atoms with E-state index in [1.165, 1.54) is 6.07 Å². The van der Waals surface area contributed by atoms with Gasteiger partial charge in [-0.3, -0.25) is 4.79 Å². The Bertz CT molecular complexity index is 462. The summed E-state index contributed by atoms with van der Waals surface area (Å²) in [6, 6.07) is 4.49. The molecule has 0 spiro atoms. The van der Waals surface area contributed by atoms with Crippen molar-refractivity contribution < 1.29 is 9.18 Å². The van der Waals surface area contributed by atoms with Gasteiger partial charge in [-0.2, -0.15) is 0 Å². The topological polar surface area (TPSA) is 20.3 Å². The molecule has 2 nitrogen and oxygen atoms in total. The van der Waals surface area contributed by atoms with E-state index in [0.717, 1.165) is 6.42 Å². The zero-order valence-corrected chi connectivity index (χ0v) is 13.0. The van der Waals surface area contributed by atoms with Crippen molar-refractivity contribution in [1.82, 2.24) is 4.90 Å². The highest BCUT2D eigenvalue weighted by Crippen LogP contribution is 2.25. The van der Waals surface area contributed by atoms with Crippen molar-refractivity contribution in [2.75, 3.05) is 13.1 Å². The molecule has 2 unspecified atom stereocenters. The van der Waals surface area contributed by atoms with Gasteiger partial charge in [-0.1, -0.05) is 40.5 Å². The Hall–Kier alpha value is -0.610. The maximum absolute atomic E-state index is 13.7. The third-order valence-corrected chi connectivity index (χ3v) is 5.26. The van der Waals surface area contributed by atoms with Crippen LogP contribution >= 0.6 is 27.5 Å². The summed E-state index contributed by atoms with van der Waals surface area (Å²) in [5.41, 5.74) is 0.294. The Labute approximate surface area is 126 Å². The predicted octanol–water partition coefficient (Wildman–Crippen LogP) is 3.65. The molecule has 1 saturated heterocycles. The van der Waals surface area contributed by atoms with Gasteiger partial charge in [0, 0.05) is 28.5 Å². The lowest BCUT2D eigenvalue weighted by atomic mass is 9.99. The van der Waals surface area contributed by atoms with Crippen LogP contribution in [-0.2, 0) is 11.2 Å². The van der Waals surface area contributed by atoms with E-state index in [2.05, 4.69) is 22.9 Å². The third kappa shape index (κ3) is 3.48. The number of piperidine rings is 1. The van der Waals surface area contributed by atoms with Crippen LogP contribution in [0.15, 0.2) is 18.2 Å². The van der Waals surface area contributed by atoms with Crippen molar-refractivity contribution in [1.29, 1.82) is 0 Å². The smallest absolute Gasteiger partial charge is 0.227 e. The quantitative estimate of drug-likeness (QED) is 0.747. The average Bonchev–Trinajstić information content (AvgIpc) is 2.37. The van der Waals surface area contributed by atoms with Crippen LogP contribution in [0.2, 0.25) is 5.02 Å². The van der Waals surface area contributed by atoms with Crippen LogP contribution in [0.5, 0.6) is 0 Å². The molecule has 1 aromatic carbocycles. The van der Waals surface area contributed by atoms with Gasteiger partial charge in [-0.25, -0.2) is 4.39 Å². The van der Waals surface area contributed by atoms with Gasteiger partial charge in [0.05, 0.1) is 6.42 Å². The SMILES string of the molecule is CC1CN(C(=O)Cc2c(F)cccc2Cl)CCC1Br. The summed E-state index contributed by atoms with van der Waals surface area (Å²) in [5.74, 6) is -0.0590. The van der Waals surface area contributed by atoms with Crippen molar-refractivity contribution in [3.63, 3.8) is 0 Å². The molecule has 1 aliphatic heterocycles. The molecule has 1 amide bonds. The molecular formula is C14H16BrClFNO. The zero-order valence-electron chi connectivity index (χ0n) is 10.7. The highest BCUT2D eigenvalue weighted by molar-refractivity contribution is 9.09. The van der Waals surface area contributed by atoms with Gasteiger partial charge >= 0.3 is 0 Å². The second kappa shape index (κ2) is 6.23. The molecule has 0 N–H and O–H groups in total. The fourth-order valence-electron chi connectivity index (χ4n) is 2.31. The Morgan fingerprint density at radius 2 is 2.32 bits per heavy atom. The van der Waals surface area contributed by atoms with E-state index in [0.29, 0.717) is 34.4 Å². The molecule has 2 rings (SSSR count). The Morgan fingerprint density at radius 3 is 2.95 bits per heavy atom. The highest BCUT2D eigenvalue weighted by Gasteiger charge is 2.27. The molecule has 1 aliphatic rings. The van der Waals surface area contributed by atoms with Gasteiger partial charge in [0.25, 0.3) is 0 Å². The monoisotopic (exact) mass is 347 g/mol. The number of halogens is 3. The normalized spacial score (nSPS) is 23.5. The standard InChI is InChI=1S/C14H16BrClFNO/c1-9-8-18(6-5-11(9)15)14(19)7-10-12(16)3-2-4-13(10)17/h2-4,9,11H,5-8H2,1H3. The van der Waals surface area contributed by atoms with E-state index in [1.54, 1.807) is 17.0 Å². The van der Waals surface area contributed by atoms with Gasteiger partial charge in [0.15, 0.2) is 0 Å². The summed E-state index contributed by atoms with van der Waals surface area (Å²) >= 11 is 9.55. The second-order valence-electron chi connectivity index (χ2n) is 5.00. The number of rotatable bonds is 2. The molecule has 5 heteroatoms. The lowest BCUT2D eigenvalue weighted by Gasteiger charge is -2.34. The molecule has 0 aliphatic carbocycles. The zero-order chi connectivity index (χ0) is 14.0. The van der Waals surface area contributed by atoms with E-state index in [4.69, 9.17) is 11.6 Å². The van der Waals surface area contributed by atoms with E-state index in [-0.39, 0.29) is 12.3 Å². The first kappa shape index (κ1) is 14.8. The van der Waals surface area contributed by atoms with Crippen molar-refractivity contribution in [2.24, 2.45) is 5.92 Å². The third-order valence-electron chi connectivity index (χ3n) is 3.54. The summed E-state index contributed by atoms with van der Waals surface area (Å²) < 4.78 is 13.7. The number of carbonyl (C=O) groups excluding carboxylic acids is 1. The Morgan fingerprint density at radius 1 is 1.58 bits per heavy atom. The van der Waals surface area contributed by atoms with Crippen LogP contribution in [0.1, 0.15) is 18.9 Å². The number of likely N-dealkylation sites (tertiary alicyclic amines) is 1. The Balaban J connectivity index is 2.05.